The van der Waals surface area contributed by atoms with E-state index in [9.17, 15) is 9.59 Å². The lowest BCUT2D eigenvalue weighted by Gasteiger charge is -2.29. The largest absolute Gasteiger partial charge is 0.481 e. The van der Waals surface area contributed by atoms with Crippen LogP contribution in [-0.4, -0.2) is 42.9 Å². The van der Waals surface area contributed by atoms with Crippen molar-refractivity contribution in [3.05, 3.63) is 0 Å². The fraction of sp³-hybridized carbons (Fsp3) is 0.857. The van der Waals surface area contributed by atoms with Crippen LogP contribution in [0.15, 0.2) is 0 Å². The summed E-state index contributed by atoms with van der Waals surface area (Å²) in [6.45, 7) is 2.22. The van der Waals surface area contributed by atoms with Crippen LogP contribution >= 0.6 is 0 Å². The van der Waals surface area contributed by atoms with Crippen LogP contribution in [0.3, 0.4) is 0 Å². The summed E-state index contributed by atoms with van der Waals surface area (Å²) in [5.74, 6) is -0.715. The van der Waals surface area contributed by atoms with E-state index in [-0.39, 0.29) is 12.1 Å². The summed E-state index contributed by atoms with van der Waals surface area (Å²) in [4.78, 5) is 23.0. The molecule has 2 rings (SSSR count). The first kappa shape index (κ1) is 15.1. The van der Waals surface area contributed by atoms with Gasteiger partial charge < -0.3 is 20.5 Å². The van der Waals surface area contributed by atoms with Crippen LogP contribution in [0.2, 0.25) is 0 Å². The Kier molecular flexibility index (Phi) is 5.64. The van der Waals surface area contributed by atoms with E-state index >= 15 is 0 Å². The summed E-state index contributed by atoms with van der Waals surface area (Å²) >= 11 is 0. The number of amides is 2. The normalized spacial score (nSPS) is 29.9. The number of carboxylic acid groups (broad SMARTS) is 1. The van der Waals surface area contributed by atoms with Crippen molar-refractivity contribution in [2.75, 3.05) is 19.8 Å². The molecule has 0 radical (unpaired) electrons. The van der Waals surface area contributed by atoms with Gasteiger partial charge in [-0.25, -0.2) is 4.79 Å². The zero-order valence-electron chi connectivity index (χ0n) is 11.8. The van der Waals surface area contributed by atoms with Gasteiger partial charge in [-0.05, 0) is 31.6 Å². The molecule has 1 aliphatic carbocycles. The van der Waals surface area contributed by atoms with Crippen molar-refractivity contribution in [1.29, 1.82) is 0 Å². The van der Waals surface area contributed by atoms with Gasteiger partial charge in [0.25, 0.3) is 0 Å². The van der Waals surface area contributed by atoms with E-state index in [0.717, 1.165) is 45.3 Å². The minimum Gasteiger partial charge on any atom is -0.481 e. The van der Waals surface area contributed by atoms with Gasteiger partial charge in [-0.15, -0.1) is 0 Å². The Morgan fingerprint density at radius 2 is 2.00 bits per heavy atom. The van der Waals surface area contributed by atoms with Crippen LogP contribution in [-0.2, 0) is 9.53 Å². The van der Waals surface area contributed by atoms with Crippen molar-refractivity contribution in [2.45, 2.75) is 44.6 Å². The van der Waals surface area contributed by atoms with Crippen molar-refractivity contribution in [2.24, 2.45) is 11.8 Å². The molecule has 6 heteroatoms. The van der Waals surface area contributed by atoms with Crippen LogP contribution in [0.1, 0.15) is 38.5 Å². The van der Waals surface area contributed by atoms with Gasteiger partial charge >= 0.3 is 12.0 Å². The second-order valence-corrected chi connectivity index (χ2v) is 5.75. The van der Waals surface area contributed by atoms with Gasteiger partial charge in [0.1, 0.15) is 0 Å². The molecule has 1 saturated carbocycles. The quantitative estimate of drug-likeness (QED) is 0.711. The second kappa shape index (κ2) is 7.47. The van der Waals surface area contributed by atoms with E-state index < -0.39 is 11.9 Å². The number of rotatable bonds is 5. The highest BCUT2D eigenvalue weighted by atomic mass is 16.5. The van der Waals surface area contributed by atoms with Gasteiger partial charge in [-0.2, -0.15) is 0 Å². The van der Waals surface area contributed by atoms with Gasteiger partial charge in [0, 0.05) is 25.8 Å². The smallest absolute Gasteiger partial charge is 0.315 e. The van der Waals surface area contributed by atoms with E-state index in [1.165, 1.54) is 0 Å². The molecule has 2 amide bonds. The first-order valence-electron chi connectivity index (χ1n) is 7.51. The van der Waals surface area contributed by atoms with Crippen LogP contribution in [0, 0.1) is 11.8 Å². The molecule has 0 aromatic heterocycles. The Morgan fingerprint density at radius 3 is 2.70 bits per heavy atom. The molecule has 0 spiro atoms. The molecule has 3 N–H and O–H groups in total. The number of urea groups is 1. The Hall–Kier alpha value is -1.30. The molecule has 2 fully saturated rings. The van der Waals surface area contributed by atoms with Crippen LogP contribution in [0.25, 0.3) is 0 Å². The van der Waals surface area contributed by atoms with Crippen molar-refractivity contribution in [1.82, 2.24) is 10.6 Å². The topological polar surface area (TPSA) is 87.7 Å². The van der Waals surface area contributed by atoms with Crippen molar-refractivity contribution >= 4 is 12.0 Å². The highest BCUT2D eigenvalue weighted by Crippen LogP contribution is 2.24. The van der Waals surface area contributed by atoms with Gasteiger partial charge in [0.05, 0.1) is 5.92 Å². The maximum atomic E-state index is 11.8. The molecule has 6 nitrogen and oxygen atoms in total. The zero-order valence-corrected chi connectivity index (χ0v) is 11.8. The molecule has 1 aliphatic heterocycles. The van der Waals surface area contributed by atoms with Crippen molar-refractivity contribution in [3.8, 4) is 0 Å². The summed E-state index contributed by atoms with van der Waals surface area (Å²) in [5, 5.41) is 14.8. The molecule has 1 heterocycles. The molecule has 3 unspecified atom stereocenters. The number of nitrogens with one attached hydrogen (secondary N) is 2. The minimum atomic E-state index is -0.807. The number of hydrogen-bond acceptors (Lipinski definition) is 3. The van der Waals surface area contributed by atoms with Crippen molar-refractivity contribution in [3.63, 3.8) is 0 Å². The SMILES string of the molecule is O=C(NCCC1CCOC1)NC1CCCCC1C(=O)O. The minimum absolute atomic E-state index is 0.240. The molecule has 1 saturated heterocycles. The summed E-state index contributed by atoms with van der Waals surface area (Å²) in [5.41, 5.74) is 0. The third kappa shape index (κ3) is 4.37. The Balaban J connectivity index is 1.68. The lowest BCUT2D eigenvalue weighted by Crippen LogP contribution is -2.49. The molecule has 0 aromatic carbocycles. The average molecular weight is 284 g/mol. The third-order valence-electron chi connectivity index (χ3n) is 4.26. The average Bonchev–Trinajstić information content (AvgIpc) is 2.92. The van der Waals surface area contributed by atoms with Crippen LogP contribution in [0.4, 0.5) is 4.79 Å². The fourth-order valence-electron chi connectivity index (χ4n) is 3.02. The number of carbonyl (C=O) groups excluding carboxylic acids is 1. The number of carboxylic acids is 1. The molecular weight excluding hydrogens is 260 g/mol. The maximum absolute atomic E-state index is 11.8. The zero-order chi connectivity index (χ0) is 14.4. The van der Waals surface area contributed by atoms with E-state index in [1.807, 2.05) is 0 Å². The first-order chi connectivity index (χ1) is 9.66. The second-order valence-electron chi connectivity index (χ2n) is 5.75. The van der Waals surface area contributed by atoms with E-state index in [4.69, 9.17) is 9.84 Å². The van der Waals surface area contributed by atoms with E-state index in [0.29, 0.717) is 18.9 Å². The monoisotopic (exact) mass is 284 g/mol. The lowest BCUT2D eigenvalue weighted by atomic mass is 9.84. The number of ether oxygens (including phenoxy) is 1. The standard InChI is InChI=1S/C14H24N2O4/c17-13(18)11-3-1-2-4-12(11)16-14(19)15-7-5-10-6-8-20-9-10/h10-12H,1-9H2,(H,17,18)(H2,15,16,19). The predicted molar refractivity (Wildman–Crippen MR) is 73.5 cm³/mol. The summed E-state index contributed by atoms with van der Waals surface area (Å²) in [6.07, 6.45) is 5.29. The lowest BCUT2D eigenvalue weighted by molar-refractivity contribution is -0.143. The third-order valence-corrected chi connectivity index (χ3v) is 4.26. The first-order valence-corrected chi connectivity index (χ1v) is 7.51. The number of carbonyl (C=O) groups is 2. The van der Waals surface area contributed by atoms with Crippen molar-refractivity contribution < 1.29 is 19.4 Å². The highest BCUT2D eigenvalue weighted by Gasteiger charge is 2.31. The molecule has 114 valence electrons. The number of aliphatic carboxylic acids is 1. The summed E-state index contributed by atoms with van der Waals surface area (Å²) in [6, 6.07) is -0.488. The molecule has 0 bridgehead atoms. The fourth-order valence-corrected chi connectivity index (χ4v) is 3.02. The predicted octanol–water partition coefficient (Wildman–Crippen LogP) is 1.36. The molecule has 20 heavy (non-hydrogen) atoms. The van der Waals surface area contributed by atoms with Crippen LogP contribution < -0.4 is 10.6 Å². The van der Waals surface area contributed by atoms with E-state index in [1.54, 1.807) is 0 Å². The number of hydrogen-bond donors (Lipinski definition) is 3. The van der Waals surface area contributed by atoms with Gasteiger partial charge in [-0.3, -0.25) is 4.79 Å². The Morgan fingerprint density at radius 1 is 1.20 bits per heavy atom. The van der Waals surface area contributed by atoms with Crippen LogP contribution in [0.5, 0.6) is 0 Å². The van der Waals surface area contributed by atoms with Gasteiger partial charge in [-0.1, -0.05) is 12.8 Å². The Labute approximate surface area is 119 Å². The van der Waals surface area contributed by atoms with Gasteiger partial charge in [0.2, 0.25) is 0 Å². The Bertz CT molecular complexity index is 342. The molecule has 2 aliphatic rings. The molecule has 3 atom stereocenters. The van der Waals surface area contributed by atoms with Gasteiger partial charge in [0.15, 0.2) is 0 Å². The summed E-state index contributed by atoms with van der Waals surface area (Å²) < 4.78 is 5.28. The summed E-state index contributed by atoms with van der Waals surface area (Å²) in [7, 11) is 0. The molecule has 0 aromatic rings. The highest BCUT2D eigenvalue weighted by molar-refractivity contribution is 5.76. The van der Waals surface area contributed by atoms with E-state index in [2.05, 4.69) is 10.6 Å². The molecular formula is C14H24N2O4. The maximum Gasteiger partial charge on any atom is 0.315 e.